The molecule has 19 heavy (non-hydrogen) atoms. The number of halogens is 1. The molecule has 6 heteroatoms. The van der Waals surface area contributed by atoms with Gasteiger partial charge >= 0.3 is 0 Å². The first-order chi connectivity index (χ1) is 9.16. The molecule has 0 aliphatic heterocycles. The molecule has 0 aliphatic rings. The third kappa shape index (κ3) is 2.02. The van der Waals surface area contributed by atoms with Gasteiger partial charge in [0.05, 0.1) is 12.7 Å². The van der Waals surface area contributed by atoms with Gasteiger partial charge in [-0.05, 0) is 11.6 Å². The van der Waals surface area contributed by atoms with E-state index in [4.69, 9.17) is 11.6 Å². The normalized spacial score (nSPS) is 11.1. The molecule has 0 saturated heterocycles. The number of hydrogen-bond acceptors (Lipinski definition) is 3. The van der Waals surface area contributed by atoms with E-state index in [1.165, 1.54) is 17.1 Å². The molecule has 0 atom stereocenters. The standard InChI is InChI=1S/C13H11ClN4O/c1-17-12-10(6-16-17)13(19)18(8-15-12)7-9-4-2-3-5-11(9)14/h2-6,8H,7H2,1H3. The summed E-state index contributed by atoms with van der Waals surface area (Å²) in [5.41, 5.74) is 1.36. The highest BCUT2D eigenvalue weighted by Gasteiger charge is 2.09. The van der Waals surface area contributed by atoms with Gasteiger partial charge in [0.15, 0.2) is 5.65 Å². The van der Waals surface area contributed by atoms with Crippen molar-refractivity contribution in [3.63, 3.8) is 0 Å². The van der Waals surface area contributed by atoms with Crippen LogP contribution in [0.2, 0.25) is 5.02 Å². The molecule has 0 amide bonds. The second-order valence-corrected chi connectivity index (χ2v) is 4.68. The smallest absolute Gasteiger partial charge is 0.264 e. The van der Waals surface area contributed by atoms with Gasteiger partial charge in [-0.25, -0.2) is 4.98 Å². The summed E-state index contributed by atoms with van der Waals surface area (Å²) in [5.74, 6) is 0. The van der Waals surface area contributed by atoms with Gasteiger partial charge in [-0.3, -0.25) is 14.0 Å². The van der Waals surface area contributed by atoms with E-state index >= 15 is 0 Å². The quantitative estimate of drug-likeness (QED) is 0.716. The fourth-order valence-electron chi connectivity index (χ4n) is 1.99. The lowest BCUT2D eigenvalue weighted by Crippen LogP contribution is -2.21. The number of aromatic nitrogens is 4. The average Bonchev–Trinajstić information content (AvgIpc) is 2.78. The minimum absolute atomic E-state index is 0.113. The molecule has 2 aromatic heterocycles. The zero-order valence-electron chi connectivity index (χ0n) is 10.2. The van der Waals surface area contributed by atoms with Gasteiger partial charge in [-0.1, -0.05) is 29.8 Å². The van der Waals surface area contributed by atoms with Gasteiger partial charge in [0.25, 0.3) is 5.56 Å². The van der Waals surface area contributed by atoms with Crippen LogP contribution < -0.4 is 5.56 Å². The van der Waals surface area contributed by atoms with E-state index < -0.39 is 0 Å². The first kappa shape index (κ1) is 11.9. The number of hydrogen-bond donors (Lipinski definition) is 0. The van der Waals surface area contributed by atoms with Crippen LogP contribution in [-0.2, 0) is 13.6 Å². The molecule has 0 N–H and O–H groups in total. The van der Waals surface area contributed by atoms with Crippen LogP contribution in [0.4, 0.5) is 0 Å². The lowest BCUT2D eigenvalue weighted by atomic mass is 10.2. The molecule has 0 aliphatic carbocycles. The SMILES string of the molecule is Cn1ncc2c(=O)n(Cc3ccccc3Cl)cnc21. The molecule has 5 nitrogen and oxygen atoms in total. The van der Waals surface area contributed by atoms with Crippen LogP contribution in [0.1, 0.15) is 5.56 Å². The third-order valence-corrected chi connectivity index (χ3v) is 3.39. The Morgan fingerprint density at radius 1 is 1.32 bits per heavy atom. The molecule has 0 bridgehead atoms. The topological polar surface area (TPSA) is 52.7 Å². The Kier molecular flexibility index (Phi) is 2.83. The monoisotopic (exact) mass is 274 g/mol. The molecule has 0 radical (unpaired) electrons. The Morgan fingerprint density at radius 3 is 2.89 bits per heavy atom. The van der Waals surface area contributed by atoms with Crippen LogP contribution in [0.15, 0.2) is 41.6 Å². The second kappa shape index (κ2) is 4.51. The molecule has 3 aromatic rings. The van der Waals surface area contributed by atoms with Crippen molar-refractivity contribution in [3.8, 4) is 0 Å². The number of nitrogens with zero attached hydrogens (tertiary/aromatic N) is 4. The molecule has 0 unspecified atom stereocenters. The minimum Gasteiger partial charge on any atom is -0.294 e. The second-order valence-electron chi connectivity index (χ2n) is 4.27. The van der Waals surface area contributed by atoms with Crippen molar-refractivity contribution in [2.75, 3.05) is 0 Å². The van der Waals surface area contributed by atoms with Gasteiger partial charge < -0.3 is 0 Å². The highest BCUT2D eigenvalue weighted by atomic mass is 35.5. The van der Waals surface area contributed by atoms with Crippen molar-refractivity contribution < 1.29 is 0 Å². The van der Waals surface area contributed by atoms with Crippen molar-refractivity contribution in [1.82, 2.24) is 19.3 Å². The zero-order valence-corrected chi connectivity index (χ0v) is 11.0. The first-order valence-electron chi connectivity index (χ1n) is 5.77. The fraction of sp³-hybridized carbons (Fsp3) is 0.154. The maximum atomic E-state index is 12.3. The molecule has 3 rings (SSSR count). The van der Waals surface area contributed by atoms with Gasteiger partial charge in [-0.2, -0.15) is 5.10 Å². The Balaban J connectivity index is 2.09. The molecule has 0 spiro atoms. The summed E-state index contributed by atoms with van der Waals surface area (Å²) in [4.78, 5) is 16.5. The third-order valence-electron chi connectivity index (χ3n) is 3.02. The highest BCUT2D eigenvalue weighted by molar-refractivity contribution is 6.31. The summed E-state index contributed by atoms with van der Waals surface area (Å²) in [6.45, 7) is 0.399. The summed E-state index contributed by atoms with van der Waals surface area (Å²) in [5, 5.41) is 5.19. The Labute approximate surface area is 114 Å². The van der Waals surface area contributed by atoms with E-state index in [0.717, 1.165) is 5.56 Å². The van der Waals surface area contributed by atoms with Crippen molar-refractivity contribution in [2.24, 2.45) is 7.05 Å². The van der Waals surface area contributed by atoms with E-state index in [9.17, 15) is 4.79 Å². The first-order valence-corrected chi connectivity index (χ1v) is 6.15. The number of benzene rings is 1. The molecule has 0 fully saturated rings. The molecule has 0 saturated carbocycles. The van der Waals surface area contributed by atoms with E-state index in [-0.39, 0.29) is 5.56 Å². The summed E-state index contributed by atoms with van der Waals surface area (Å²) >= 11 is 6.10. The average molecular weight is 275 g/mol. The lowest BCUT2D eigenvalue weighted by molar-refractivity contribution is 0.737. The van der Waals surface area contributed by atoms with Crippen molar-refractivity contribution in [3.05, 3.63) is 57.7 Å². The van der Waals surface area contributed by atoms with Gasteiger partial charge in [0, 0.05) is 12.1 Å². The molecular formula is C13H11ClN4O. The number of aryl methyl sites for hydroxylation is 1. The maximum absolute atomic E-state index is 12.3. The molecular weight excluding hydrogens is 264 g/mol. The predicted octanol–water partition coefficient (Wildman–Crippen LogP) is 1.83. The zero-order chi connectivity index (χ0) is 13.4. The van der Waals surface area contributed by atoms with Crippen LogP contribution in [-0.4, -0.2) is 19.3 Å². The Morgan fingerprint density at radius 2 is 2.11 bits per heavy atom. The highest BCUT2D eigenvalue weighted by Crippen LogP contribution is 2.15. The molecule has 96 valence electrons. The maximum Gasteiger partial charge on any atom is 0.264 e. The Bertz CT molecular complexity index is 806. The van der Waals surface area contributed by atoms with Crippen LogP contribution in [0.25, 0.3) is 11.0 Å². The van der Waals surface area contributed by atoms with Gasteiger partial charge in [0.1, 0.15) is 11.7 Å². The Hall–Kier alpha value is -2.14. The summed E-state index contributed by atoms with van der Waals surface area (Å²) < 4.78 is 3.11. The van der Waals surface area contributed by atoms with Crippen molar-refractivity contribution in [1.29, 1.82) is 0 Å². The largest absolute Gasteiger partial charge is 0.294 e. The lowest BCUT2D eigenvalue weighted by Gasteiger charge is -2.07. The summed E-state index contributed by atoms with van der Waals surface area (Å²) in [6.07, 6.45) is 3.06. The van der Waals surface area contributed by atoms with Crippen LogP contribution in [0, 0.1) is 0 Å². The van der Waals surface area contributed by atoms with E-state index in [2.05, 4.69) is 10.1 Å². The summed E-state index contributed by atoms with van der Waals surface area (Å²) in [6, 6.07) is 7.44. The van der Waals surface area contributed by atoms with Gasteiger partial charge in [0.2, 0.25) is 0 Å². The van der Waals surface area contributed by atoms with Crippen LogP contribution >= 0.6 is 11.6 Å². The number of rotatable bonds is 2. The molecule has 1 aromatic carbocycles. The van der Waals surface area contributed by atoms with Crippen LogP contribution in [0.5, 0.6) is 0 Å². The van der Waals surface area contributed by atoms with Crippen molar-refractivity contribution >= 4 is 22.6 Å². The summed E-state index contributed by atoms with van der Waals surface area (Å²) in [7, 11) is 1.76. The van der Waals surface area contributed by atoms with E-state index in [0.29, 0.717) is 22.6 Å². The van der Waals surface area contributed by atoms with Crippen molar-refractivity contribution in [2.45, 2.75) is 6.54 Å². The fourth-order valence-corrected chi connectivity index (χ4v) is 2.18. The molecule has 2 heterocycles. The van der Waals surface area contributed by atoms with E-state index in [1.807, 2.05) is 18.2 Å². The van der Waals surface area contributed by atoms with Crippen LogP contribution in [0.3, 0.4) is 0 Å². The van der Waals surface area contributed by atoms with E-state index in [1.54, 1.807) is 17.8 Å². The number of fused-ring (bicyclic) bond motifs is 1. The van der Waals surface area contributed by atoms with Gasteiger partial charge in [-0.15, -0.1) is 0 Å². The predicted molar refractivity (Wildman–Crippen MR) is 73.3 cm³/mol. The minimum atomic E-state index is -0.113.